The smallest absolute Gasteiger partial charge is 0.416 e. The quantitative estimate of drug-likeness (QED) is 0.738. The molecule has 2 unspecified atom stereocenters. The number of ether oxygens (including phenoxy) is 1. The highest BCUT2D eigenvalue weighted by atomic mass is 19.4. The maximum atomic E-state index is 13.2. The number of carbonyl (C=O) groups excluding carboxylic acids is 1. The van der Waals surface area contributed by atoms with E-state index in [-0.39, 0.29) is 12.6 Å². The fourth-order valence-electron chi connectivity index (χ4n) is 4.21. The number of allylic oxidation sites excluding steroid dienone is 1. The first-order valence-electron chi connectivity index (χ1n) is 7.94. The minimum absolute atomic E-state index is 0.0766. The van der Waals surface area contributed by atoms with E-state index >= 15 is 0 Å². The Morgan fingerprint density at radius 3 is 2.88 bits per heavy atom. The van der Waals surface area contributed by atoms with Gasteiger partial charge in [0.15, 0.2) is 0 Å². The van der Waals surface area contributed by atoms with Crippen molar-refractivity contribution in [1.29, 1.82) is 0 Å². The minimum Gasteiger partial charge on any atom is -0.489 e. The van der Waals surface area contributed by atoms with Crippen molar-refractivity contribution < 1.29 is 22.7 Å². The molecule has 2 atom stereocenters. The van der Waals surface area contributed by atoms with Crippen LogP contribution in [0.3, 0.4) is 0 Å². The van der Waals surface area contributed by atoms with Gasteiger partial charge in [0.1, 0.15) is 11.9 Å². The number of rotatable bonds is 0. The standard InChI is InChI=1S/C17H17F3N2O2/c18-17(19,20)11-7-10-9-22(15(21)23)6-5-16-4-2-1-3-13(16)24-12(8-11)14(10)16/h2,4,7-8,13H,1,3,5-6,9H2,(H2,21,23). The lowest BCUT2D eigenvalue weighted by molar-refractivity contribution is -0.137. The van der Waals surface area contributed by atoms with Gasteiger partial charge in [-0.2, -0.15) is 13.2 Å². The number of carbonyl (C=O) groups is 1. The molecule has 0 radical (unpaired) electrons. The van der Waals surface area contributed by atoms with Crippen molar-refractivity contribution >= 4 is 6.03 Å². The topological polar surface area (TPSA) is 55.6 Å². The van der Waals surface area contributed by atoms with E-state index < -0.39 is 23.2 Å². The molecule has 2 amide bonds. The number of nitrogens with zero attached hydrogens (tertiary/aromatic N) is 1. The number of primary amides is 1. The first-order chi connectivity index (χ1) is 11.3. The van der Waals surface area contributed by atoms with Gasteiger partial charge in [-0.1, -0.05) is 12.2 Å². The summed E-state index contributed by atoms with van der Waals surface area (Å²) in [4.78, 5) is 13.0. The third kappa shape index (κ3) is 2.10. The lowest BCUT2D eigenvalue weighted by atomic mass is 9.69. The number of nitrogens with two attached hydrogens (primary N) is 1. The molecule has 24 heavy (non-hydrogen) atoms. The van der Waals surface area contributed by atoms with Crippen molar-refractivity contribution in [2.45, 2.75) is 43.5 Å². The fourth-order valence-corrected chi connectivity index (χ4v) is 4.21. The fraction of sp³-hybridized carbons (Fsp3) is 0.471. The van der Waals surface area contributed by atoms with E-state index in [9.17, 15) is 18.0 Å². The predicted molar refractivity (Wildman–Crippen MR) is 80.5 cm³/mol. The molecule has 2 heterocycles. The second-order valence-electron chi connectivity index (χ2n) is 6.64. The number of amides is 2. The van der Waals surface area contributed by atoms with Crippen molar-refractivity contribution in [3.63, 3.8) is 0 Å². The number of hydrogen-bond donors (Lipinski definition) is 1. The van der Waals surface area contributed by atoms with Crippen LogP contribution in [0.1, 0.15) is 36.0 Å². The van der Waals surface area contributed by atoms with E-state index in [1.165, 1.54) is 4.90 Å². The summed E-state index contributed by atoms with van der Waals surface area (Å²) >= 11 is 0. The summed E-state index contributed by atoms with van der Waals surface area (Å²) in [6, 6.07) is 1.61. The third-order valence-corrected chi connectivity index (χ3v) is 5.30. The molecule has 3 aliphatic rings. The molecule has 2 N–H and O–H groups in total. The lowest BCUT2D eigenvalue weighted by Gasteiger charge is -2.34. The van der Waals surface area contributed by atoms with Gasteiger partial charge < -0.3 is 15.4 Å². The Hall–Kier alpha value is -2.18. The normalized spacial score (nSPS) is 28.0. The molecule has 1 spiro atoms. The first kappa shape index (κ1) is 15.4. The molecule has 7 heteroatoms. The van der Waals surface area contributed by atoms with E-state index in [1.807, 2.05) is 6.08 Å². The molecule has 1 aliphatic carbocycles. The van der Waals surface area contributed by atoms with E-state index in [1.54, 1.807) is 0 Å². The summed E-state index contributed by atoms with van der Waals surface area (Å²) in [5.41, 5.74) is 5.46. The van der Waals surface area contributed by atoms with Gasteiger partial charge in [-0.15, -0.1) is 0 Å². The van der Waals surface area contributed by atoms with Crippen molar-refractivity contribution in [3.8, 4) is 5.75 Å². The summed E-state index contributed by atoms with van der Waals surface area (Å²) in [7, 11) is 0. The Labute approximate surface area is 137 Å². The van der Waals surface area contributed by atoms with Crippen LogP contribution in [0.4, 0.5) is 18.0 Å². The lowest BCUT2D eigenvalue weighted by Crippen LogP contribution is -2.41. The maximum absolute atomic E-state index is 13.2. The Balaban J connectivity index is 1.93. The van der Waals surface area contributed by atoms with E-state index in [0.29, 0.717) is 24.3 Å². The monoisotopic (exact) mass is 338 g/mol. The highest BCUT2D eigenvalue weighted by Crippen LogP contribution is 2.54. The van der Waals surface area contributed by atoms with Crippen molar-refractivity contribution in [2.24, 2.45) is 5.73 Å². The number of urea groups is 1. The van der Waals surface area contributed by atoms with Crippen LogP contribution in [-0.2, 0) is 18.1 Å². The van der Waals surface area contributed by atoms with Gasteiger partial charge in [0, 0.05) is 18.7 Å². The molecule has 0 fully saturated rings. The average molecular weight is 338 g/mol. The molecule has 4 nitrogen and oxygen atoms in total. The van der Waals surface area contributed by atoms with Crippen LogP contribution in [0, 0.1) is 0 Å². The SMILES string of the molecule is NC(=O)N1CCC23C=CCCC2Oc2cc(C(F)(F)F)cc(c23)C1. The highest BCUT2D eigenvalue weighted by molar-refractivity contribution is 5.72. The van der Waals surface area contributed by atoms with Crippen molar-refractivity contribution in [2.75, 3.05) is 6.54 Å². The molecule has 128 valence electrons. The Kier molecular flexibility index (Phi) is 3.14. The number of alkyl halides is 3. The maximum Gasteiger partial charge on any atom is 0.416 e. The molecular formula is C17H17F3N2O2. The average Bonchev–Trinajstić information content (AvgIpc) is 2.74. The van der Waals surface area contributed by atoms with Gasteiger partial charge in [0.2, 0.25) is 0 Å². The Bertz CT molecular complexity index is 744. The minimum atomic E-state index is -4.46. The van der Waals surface area contributed by atoms with Crippen molar-refractivity contribution in [1.82, 2.24) is 4.90 Å². The summed E-state index contributed by atoms with van der Waals surface area (Å²) in [5.74, 6) is 0.294. The molecule has 0 bridgehead atoms. The van der Waals surface area contributed by atoms with Gasteiger partial charge >= 0.3 is 12.2 Å². The molecule has 4 rings (SSSR count). The van der Waals surface area contributed by atoms with Crippen LogP contribution in [0.25, 0.3) is 0 Å². The Morgan fingerprint density at radius 1 is 1.38 bits per heavy atom. The summed E-state index contributed by atoms with van der Waals surface area (Å²) < 4.78 is 45.6. The zero-order chi connectivity index (χ0) is 17.1. The van der Waals surface area contributed by atoms with Gasteiger partial charge in [-0.05, 0) is 37.0 Å². The van der Waals surface area contributed by atoms with Crippen LogP contribution in [0.5, 0.6) is 5.75 Å². The van der Waals surface area contributed by atoms with Crippen LogP contribution >= 0.6 is 0 Å². The second-order valence-corrected chi connectivity index (χ2v) is 6.64. The molecule has 2 aliphatic heterocycles. The van der Waals surface area contributed by atoms with E-state index in [4.69, 9.17) is 10.5 Å². The van der Waals surface area contributed by atoms with Crippen LogP contribution < -0.4 is 10.5 Å². The zero-order valence-electron chi connectivity index (χ0n) is 12.9. The number of benzene rings is 1. The van der Waals surface area contributed by atoms with Crippen LogP contribution in [-0.4, -0.2) is 23.6 Å². The number of hydrogen-bond acceptors (Lipinski definition) is 2. The Morgan fingerprint density at radius 2 is 2.17 bits per heavy atom. The largest absolute Gasteiger partial charge is 0.489 e. The molecule has 0 aromatic heterocycles. The van der Waals surface area contributed by atoms with Crippen LogP contribution in [0.15, 0.2) is 24.3 Å². The van der Waals surface area contributed by atoms with E-state index in [2.05, 4.69) is 6.08 Å². The number of halogens is 3. The predicted octanol–water partition coefficient (Wildman–Crippen LogP) is 3.34. The van der Waals surface area contributed by atoms with Gasteiger partial charge in [-0.3, -0.25) is 0 Å². The first-order valence-corrected chi connectivity index (χ1v) is 7.94. The van der Waals surface area contributed by atoms with Gasteiger partial charge in [0.05, 0.1) is 11.0 Å². The van der Waals surface area contributed by atoms with Gasteiger partial charge in [0.25, 0.3) is 0 Å². The summed E-state index contributed by atoms with van der Waals surface area (Å²) in [6.45, 7) is 0.474. The van der Waals surface area contributed by atoms with Gasteiger partial charge in [-0.25, -0.2) is 4.79 Å². The second kappa shape index (κ2) is 4.91. The van der Waals surface area contributed by atoms with E-state index in [0.717, 1.165) is 30.5 Å². The molecule has 0 saturated carbocycles. The van der Waals surface area contributed by atoms with Crippen LogP contribution in [0.2, 0.25) is 0 Å². The molecule has 0 saturated heterocycles. The summed E-state index contributed by atoms with van der Waals surface area (Å²) in [5, 5.41) is 0. The van der Waals surface area contributed by atoms with Crippen molar-refractivity contribution in [3.05, 3.63) is 41.0 Å². The molecular weight excluding hydrogens is 321 g/mol. The third-order valence-electron chi connectivity index (χ3n) is 5.30. The zero-order valence-corrected chi connectivity index (χ0v) is 12.9. The molecule has 1 aromatic rings. The summed E-state index contributed by atoms with van der Waals surface area (Å²) in [6.07, 6.45) is 1.64. The molecule has 1 aromatic carbocycles. The highest BCUT2D eigenvalue weighted by Gasteiger charge is 2.51.